The van der Waals surface area contributed by atoms with Crippen LogP contribution in [-0.4, -0.2) is 78.7 Å². The zero-order valence-electron chi connectivity index (χ0n) is 10.2. The second-order valence-electron chi connectivity index (χ2n) is 4.01. The lowest BCUT2D eigenvalue weighted by Crippen LogP contribution is -2.65. The fourth-order valence-electron chi connectivity index (χ4n) is 1.14. The third-order valence-corrected chi connectivity index (χ3v) is 2.31. The minimum atomic E-state index is -2.95. The number of hydrogen-bond donors (Lipinski definition) is 7. The smallest absolute Gasteiger partial charge is 0.330 e. The largest absolute Gasteiger partial charge is 0.478 e. The van der Waals surface area contributed by atoms with Gasteiger partial charge in [-0.3, -0.25) is 0 Å². The molecule has 0 aliphatic carbocycles. The van der Waals surface area contributed by atoms with Gasteiger partial charge in [-0.25, -0.2) is 4.79 Å². The number of aliphatic carboxylic acids is 1. The monoisotopic (exact) mass is 282 g/mol. The first-order valence-corrected chi connectivity index (χ1v) is 5.21. The van der Waals surface area contributed by atoms with Crippen LogP contribution < -0.4 is 0 Å². The SMILES string of the molecule is C=C(C)C(=O)O.OC[C@H]1OC(O)(O)[C@H](O)[C@@H](O)[C@@H]1O. The molecule has 9 nitrogen and oxygen atoms in total. The summed E-state index contributed by atoms with van der Waals surface area (Å²) in [5.41, 5.74) is 0.176. The Labute approximate surface area is 108 Å². The van der Waals surface area contributed by atoms with Crippen molar-refractivity contribution >= 4 is 5.97 Å². The van der Waals surface area contributed by atoms with E-state index in [1.54, 1.807) is 0 Å². The maximum Gasteiger partial charge on any atom is 0.330 e. The van der Waals surface area contributed by atoms with Crippen LogP contribution in [0.4, 0.5) is 0 Å². The third-order valence-electron chi connectivity index (χ3n) is 2.31. The molecule has 19 heavy (non-hydrogen) atoms. The van der Waals surface area contributed by atoms with Gasteiger partial charge in [0.2, 0.25) is 0 Å². The Bertz CT molecular complexity index is 313. The molecule has 0 bridgehead atoms. The molecule has 1 aliphatic rings. The lowest BCUT2D eigenvalue weighted by molar-refractivity contribution is -0.435. The first-order chi connectivity index (χ1) is 8.54. The van der Waals surface area contributed by atoms with Crippen molar-refractivity contribution in [1.29, 1.82) is 0 Å². The van der Waals surface area contributed by atoms with E-state index in [0.717, 1.165) is 0 Å². The summed E-state index contributed by atoms with van der Waals surface area (Å²) in [7, 11) is 0. The van der Waals surface area contributed by atoms with E-state index in [9.17, 15) is 4.79 Å². The third kappa shape index (κ3) is 4.84. The summed E-state index contributed by atoms with van der Waals surface area (Å²) in [6, 6.07) is 0. The first-order valence-electron chi connectivity index (χ1n) is 5.21. The van der Waals surface area contributed by atoms with Crippen molar-refractivity contribution in [3.05, 3.63) is 12.2 Å². The average molecular weight is 282 g/mol. The van der Waals surface area contributed by atoms with Crippen LogP contribution in [0.2, 0.25) is 0 Å². The Balaban J connectivity index is 0.000000459. The van der Waals surface area contributed by atoms with Gasteiger partial charge in [0.1, 0.15) is 18.3 Å². The Morgan fingerprint density at radius 1 is 1.26 bits per heavy atom. The molecule has 0 spiro atoms. The molecule has 1 fully saturated rings. The fraction of sp³-hybridized carbons (Fsp3) is 0.700. The predicted octanol–water partition coefficient (Wildman–Crippen LogP) is -3.25. The van der Waals surface area contributed by atoms with Crippen LogP contribution in [0.1, 0.15) is 6.92 Å². The van der Waals surface area contributed by atoms with E-state index in [1.165, 1.54) is 6.92 Å². The molecule has 7 N–H and O–H groups in total. The molecule has 4 atom stereocenters. The minimum Gasteiger partial charge on any atom is -0.478 e. The van der Waals surface area contributed by atoms with Gasteiger partial charge in [0.25, 0.3) is 0 Å². The lowest BCUT2D eigenvalue weighted by Gasteiger charge is -2.41. The molecule has 0 saturated carbocycles. The minimum absolute atomic E-state index is 0.176. The van der Waals surface area contributed by atoms with E-state index >= 15 is 0 Å². The van der Waals surface area contributed by atoms with Crippen LogP contribution in [0, 0.1) is 0 Å². The Morgan fingerprint density at radius 3 is 2.00 bits per heavy atom. The van der Waals surface area contributed by atoms with Gasteiger partial charge in [-0.2, -0.15) is 0 Å². The number of rotatable bonds is 2. The molecule has 0 aromatic heterocycles. The zero-order valence-corrected chi connectivity index (χ0v) is 10.2. The molecule has 1 saturated heterocycles. The average Bonchev–Trinajstić information content (AvgIpc) is 2.32. The highest BCUT2D eigenvalue weighted by molar-refractivity contribution is 5.84. The van der Waals surface area contributed by atoms with E-state index < -0.39 is 43.0 Å². The molecular weight excluding hydrogens is 264 g/mol. The number of ether oxygens (including phenoxy) is 1. The summed E-state index contributed by atoms with van der Waals surface area (Å²) in [5.74, 6) is -3.89. The molecule has 0 unspecified atom stereocenters. The molecule has 1 aliphatic heterocycles. The van der Waals surface area contributed by atoms with Crippen LogP contribution in [0.5, 0.6) is 0 Å². The van der Waals surface area contributed by atoms with Crippen molar-refractivity contribution in [2.45, 2.75) is 37.3 Å². The number of carboxylic acid groups (broad SMARTS) is 1. The van der Waals surface area contributed by atoms with Gasteiger partial charge >= 0.3 is 11.9 Å². The number of carboxylic acids is 1. The Hall–Kier alpha value is -1.07. The number of aliphatic hydroxyl groups is 6. The summed E-state index contributed by atoms with van der Waals surface area (Å²) in [6.07, 6.45) is -6.72. The normalized spacial score (nSPS) is 33.0. The van der Waals surface area contributed by atoms with Crippen molar-refractivity contribution in [3.8, 4) is 0 Å². The highest BCUT2D eigenvalue weighted by Crippen LogP contribution is 2.25. The van der Waals surface area contributed by atoms with Gasteiger partial charge in [-0.1, -0.05) is 6.58 Å². The van der Waals surface area contributed by atoms with Crippen molar-refractivity contribution in [2.75, 3.05) is 6.61 Å². The van der Waals surface area contributed by atoms with Gasteiger partial charge in [-0.05, 0) is 6.92 Å². The van der Waals surface area contributed by atoms with Crippen LogP contribution in [0.15, 0.2) is 12.2 Å². The fourth-order valence-corrected chi connectivity index (χ4v) is 1.14. The quantitative estimate of drug-likeness (QED) is 0.203. The molecule has 0 radical (unpaired) electrons. The zero-order chi connectivity index (χ0) is 15.4. The van der Waals surface area contributed by atoms with Crippen LogP contribution in [0.3, 0.4) is 0 Å². The van der Waals surface area contributed by atoms with Crippen molar-refractivity contribution in [3.63, 3.8) is 0 Å². The second kappa shape index (κ2) is 6.91. The van der Waals surface area contributed by atoms with Crippen LogP contribution >= 0.6 is 0 Å². The highest BCUT2D eigenvalue weighted by atomic mass is 16.8. The molecule has 9 heteroatoms. The molecule has 0 amide bonds. The summed E-state index contributed by atoms with van der Waals surface area (Å²) in [5, 5.41) is 61.5. The maximum absolute atomic E-state index is 9.60. The molecule has 112 valence electrons. The van der Waals surface area contributed by atoms with E-state index in [-0.39, 0.29) is 5.57 Å². The summed E-state index contributed by atoms with van der Waals surface area (Å²) in [4.78, 5) is 9.60. The second-order valence-corrected chi connectivity index (χ2v) is 4.01. The van der Waals surface area contributed by atoms with Gasteiger partial charge in [-0.15, -0.1) is 0 Å². The number of aliphatic hydroxyl groups excluding tert-OH is 4. The summed E-state index contributed by atoms with van der Waals surface area (Å²) >= 11 is 0. The Morgan fingerprint density at radius 2 is 1.68 bits per heavy atom. The number of hydrogen-bond acceptors (Lipinski definition) is 8. The van der Waals surface area contributed by atoms with Gasteiger partial charge < -0.3 is 40.5 Å². The van der Waals surface area contributed by atoms with E-state index in [1.807, 2.05) is 0 Å². The van der Waals surface area contributed by atoms with Gasteiger partial charge in [0, 0.05) is 5.57 Å². The van der Waals surface area contributed by atoms with Crippen LogP contribution in [0.25, 0.3) is 0 Å². The van der Waals surface area contributed by atoms with Crippen LogP contribution in [-0.2, 0) is 9.53 Å². The topological polar surface area (TPSA) is 168 Å². The van der Waals surface area contributed by atoms with Gasteiger partial charge in [0.15, 0.2) is 6.10 Å². The predicted molar refractivity (Wildman–Crippen MR) is 59.6 cm³/mol. The molecule has 0 aromatic rings. The van der Waals surface area contributed by atoms with Gasteiger partial charge in [0.05, 0.1) is 6.61 Å². The standard InChI is InChI=1S/C6H12O7.C4H6O2/c7-1-2-3(8)4(9)5(10)6(11,12)13-2;1-3(2)4(5)6/h2-5,7-12H,1H2;1H2,2H3,(H,5,6)/t2-,3-,4+,5-;/m1./s1. The molecule has 0 aromatic carbocycles. The molecular formula is C10H18O9. The van der Waals surface area contributed by atoms with E-state index in [2.05, 4.69) is 11.3 Å². The van der Waals surface area contributed by atoms with E-state index in [4.69, 9.17) is 35.7 Å². The van der Waals surface area contributed by atoms with Crippen molar-refractivity contribution in [1.82, 2.24) is 0 Å². The number of carbonyl (C=O) groups is 1. The maximum atomic E-state index is 9.60. The van der Waals surface area contributed by atoms with Crippen molar-refractivity contribution in [2.24, 2.45) is 0 Å². The lowest BCUT2D eigenvalue weighted by atomic mass is 9.98. The molecule has 1 heterocycles. The molecule has 1 rings (SSSR count). The highest BCUT2D eigenvalue weighted by Gasteiger charge is 2.51. The summed E-state index contributed by atoms with van der Waals surface area (Å²) < 4.78 is 4.32. The first kappa shape index (κ1) is 17.9. The summed E-state index contributed by atoms with van der Waals surface area (Å²) in [6.45, 7) is 3.90. The Kier molecular flexibility index (Phi) is 6.52. The van der Waals surface area contributed by atoms with E-state index in [0.29, 0.717) is 0 Å². The van der Waals surface area contributed by atoms with Crippen molar-refractivity contribution < 1.29 is 45.3 Å².